The van der Waals surface area contributed by atoms with Gasteiger partial charge in [-0.2, -0.15) is 5.26 Å². The number of ketones is 1. The van der Waals surface area contributed by atoms with Crippen LogP contribution in [0.15, 0.2) is 30.9 Å². The molecule has 1 spiro atoms. The maximum atomic E-state index is 15.0. The van der Waals surface area contributed by atoms with Crippen molar-refractivity contribution in [3.8, 4) is 11.8 Å². The second-order valence-corrected chi connectivity index (χ2v) is 16.0. The van der Waals surface area contributed by atoms with E-state index in [1.165, 1.54) is 44.6 Å². The number of carbonyl (C=O) groups is 2. The lowest BCUT2D eigenvalue weighted by molar-refractivity contribution is -0.219. The van der Waals surface area contributed by atoms with E-state index in [9.17, 15) is 10.1 Å². The number of likely N-dealkylation sites (tertiary alicyclic amines) is 1. The first-order valence-electron chi connectivity index (χ1n) is 19.2. The van der Waals surface area contributed by atoms with E-state index in [-0.39, 0.29) is 36.2 Å². The maximum absolute atomic E-state index is 15.0. The van der Waals surface area contributed by atoms with E-state index in [1.807, 2.05) is 23.1 Å². The molecule has 4 heterocycles. The van der Waals surface area contributed by atoms with Crippen LogP contribution in [-0.4, -0.2) is 113 Å². The first kappa shape index (κ1) is 35.9. The molecule has 10 nitrogen and oxygen atoms in total. The zero-order chi connectivity index (χ0) is 34.8. The quantitative estimate of drug-likeness (QED) is 0.388. The molecule has 1 aromatic carbocycles. The summed E-state index contributed by atoms with van der Waals surface area (Å²) in [6.07, 6.45) is 14.4. The summed E-state index contributed by atoms with van der Waals surface area (Å²) in [4.78, 5) is 37.3. The number of hydrogen-bond donors (Lipinski definition) is 1. The number of benzene rings is 1. The summed E-state index contributed by atoms with van der Waals surface area (Å²) in [6.45, 7) is 7.17. The van der Waals surface area contributed by atoms with Crippen LogP contribution in [0.3, 0.4) is 0 Å². The highest BCUT2D eigenvalue weighted by Gasteiger charge is 2.59. The van der Waals surface area contributed by atoms with E-state index in [2.05, 4.69) is 39.7 Å². The van der Waals surface area contributed by atoms with Crippen molar-refractivity contribution in [2.75, 3.05) is 39.8 Å². The summed E-state index contributed by atoms with van der Waals surface area (Å²) >= 11 is 6.57. The lowest BCUT2D eigenvalue weighted by atomic mass is 9.68. The average molecular weight is 707 g/mol. The summed E-state index contributed by atoms with van der Waals surface area (Å²) in [7, 11) is 2.18. The van der Waals surface area contributed by atoms with E-state index < -0.39 is 18.0 Å². The first-order valence-corrected chi connectivity index (χ1v) is 19.6. The number of carbonyl (C=O) groups excluding carboxylic acids is 2. The molecule has 50 heavy (non-hydrogen) atoms. The molecule has 2 aliphatic carbocycles. The van der Waals surface area contributed by atoms with Gasteiger partial charge in [-0.1, -0.05) is 56.4 Å². The lowest BCUT2D eigenvalue weighted by Gasteiger charge is -2.60. The Morgan fingerprint density at radius 3 is 2.64 bits per heavy atom. The van der Waals surface area contributed by atoms with E-state index in [0.29, 0.717) is 62.6 Å². The molecule has 1 aromatic rings. The molecular weight excluding hydrogens is 652 g/mol. The Hall–Kier alpha value is -2.52. The highest BCUT2D eigenvalue weighted by atomic mass is 35.5. The van der Waals surface area contributed by atoms with Crippen molar-refractivity contribution in [1.82, 2.24) is 24.9 Å². The predicted molar refractivity (Wildman–Crippen MR) is 192 cm³/mol. The van der Waals surface area contributed by atoms with Crippen molar-refractivity contribution in [3.63, 3.8) is 0 Å². The Balaban J connectivity index is 1.25. The third-order valence-electron chi connectivity index (χ3n) is 12.8. The minimum atomic E-state index is -0.909. The maximum Gasteiger partial charge on any atom is 0.246 e. The number of ether oxygens (including phenoxy) is 2. The topological polar surface area (TPSA) is 101 Å². The van der Waals surface area contributed by atoms with E-state index in [1.54, 1.807) is 0 Å². The predicted octanol–water partition coefficient (Wildman–Crippen LogP) is 5.10. The SMILES string of the molecule is C=CC(=O)N1CCN(C2C3CC[C@]4(CCc5c(Cl)cccc5O4)C(=O)C3NC(OCC3CCCN3C)N2C2CCCCCCC2)CC1CC#N. The fraction of sp³-hybridized carbons (Fsp3) is 0.718. The monoisotopic (exact) mass is 706 g/mol. The van der Waals surface area contributed by atoms with Crippen molar-refractivity contribution >= 4 is 23.3 Å². The van der Waals surface area contributed by atoms with Gasteiger partial charge in [0.05, 0.1) is 37.3 Å². The van der Waals surface area contributed by atoms with Crippen molar-refractivity contribution in [1.29, 1.82) is 5.26 Å². The van der Waals surface area contributed by atoms with E-state index >= 15 is 4.79 Å². The van der Waals surface area contributed by atoms with Crippen LogP contribution in [0.2, 0.25) is 5.02 Å². The molecule has 6 aliphatic rings. The van der Waals surface area contributed by atoms with Gasteiger partial charge in [0.2, 0.25) is 5.91 Å². The van der Waals surface area contributed by atoms with Crippen molar-refractivity contribution in [2.24, 2.45) is 5.92 Å². The molecule has 6 unspecified atom stereocenters. The smallest absolute Gasteiger partial charge is 0.246 e. The van der Waals surface area contributed by atoms with Gasteiger partial charge in [-0.05, 0) is 83.2 Å². The number of nitriles is 1. The minimum Gasteiger partial charge on any atom is -0.479 e. The highest BCUT2D eigenvalue weighted by molar-refractivity contribution is 6.31. The number of halogens is 1. The second kappa shape index (κ2) is 15.6. The van der Waals surface area contributed by atoms with Crippen LogP contribution in [-0.2, 0) is 20.7 Å². The van der Waals surface area contributed by atoms with Crippen LogP contribution in [0, 0.1) is 17.2 Å². The normalized spacial score (nSPS) is 34.7. The zero-order valence-electron chi connectivity index (χ0n) is 29.7. The zero-order valence-corrected chi connectivity index (χ0v) is 30.5. The largest absolute Gasteiger partial charge is 0.479 e. The van der Waals surface area contributed by atoms with Gasteiger partial charge >= 0.3 is 0 Å². The Morgan fingerprint density at radius 2 is 1.90 bits per heavy atom. The number of nitrogens with zero attached hydrogens (tertiary/aromatic N) is 5. The van der Waals surface area contributed by atoms with Gasteiger partial charge in [0.1, 0.15) is 5.75 Å². The van der Waals surface area contributed by atoms with Crippen molar-refractivity contribution < 1.29 is 19.1 Å². The van der Waals surface area contributed by atoms with Crippen molar-refractivity contribution in [3.05, 3.63) is 41.4 Å². The summed E-state index contributed by atoms with van der Waals surface area (Å²) in [5, 5.41) is 14.4. The van der Waals surface area contributed by atoms with Gasteiger partial charge in [-0.15, -0.1) is 0 Å². The first-order chi connectivity index (χ1) is 24.3. The molecular formula is C39H55ClN6O4. The molecule has 2 saturated carbocycles. The molecule has 7 rings (SSSR count). The molecule has 0 bridgehead atoms. The summed E-state index contributed by atoms with van der Waals surface area (Å²) in [5.74, 6) is 0.707. The molecule has 3 saturated heterocycles. The fourth-order valence-corrected chi connectivity index (χ4v) is 10.3. The number of fused-ring (bicyclic) bond motifs is 2. The van der Waals surface area contributed by atoms with Gasteiger partial charge in [0, 0.05) is 48.2 Å². The number of hydrogen-bond acceptors (Lipinski definition) is 9. The van der Waals surface area contributed by atoms with Crippen LogP contribution in [0.1, 0.15) is 89.0 Å². The van der Waals surface area contributed by atoms with Crippen LogP contribution in [0.5, 0.6) is 5.75 Å². The molecule has 0 aromatic heterocycles. The molecule has 0 radical (unpaired) electrons. The average Bonchev–Trinajstić information content (AvgIpc) is 3.52. The molecule has 7 atom stereocenters. The minimum absolute atomic E-state index is 0.00122. The third kappa shape index (κ3) is 6.99. The Bertz CT molecular complexity index is 1450. The van der Waals surface area contributed by atoms with Crippen LogP contribution >= 0.6 is 11.6 Å². The Labute approximate surface area is 303 Å². The van der Waals surface area contributed by atoms with Gasteiger partial charge in [0.15, 0.2) is 17.7 Å². The highest BCUT2D eigenvalue weighted by Crippen LogP contribution is 2.47. The molecule has 11 heteroatoms. The van der Waals surface area contributed by atoms with E-state index in [4.69, 9.17) is 21.1 Å². The number of likely N-dealkylation sites (N-methyl/N-ethyl adjacent to an activating group) is 1. The van der Waals surface area contributed by atoms with Crippen LogP contribution in [0.4, 0.5) is 0 Å². The van der Waals surface area contributed by atoms with Crippen molar-refractivity contribution in [2.45, 2.75) is 132 Å². The number of nitrogens with one attached hydrogen (secondary N) is 1. The number of piperazine rings is 1. The molecule has 1 amide bonds. The number of amides is 1. The summed E-state index contributed by atoms with van der Waals surface area (Å²) in [5.41, 5.74) is 0.0741. The molecule has 1 N–H and O–H groups in total. The standard InChI is InChI=1S/C39H55ClN6O4/c1-3-34(47)45-24-23-44(25-28(45)18-21-41)37-31-17-20-39(19-16-30-32(40)14-9-15-33(30)50-39)36(48)35(31)42-38(49-26-29-13-10-22-43(29)2)46(37)27-11-7-5-4-6-8-12-27/h3,9,14-15,27-29,31,35,37-38,42H,1,4-8,10-13,16-20,22-26H2,2H3/t28?,29?,31?,35?,37?,38?,39-/m1/s1. The summed E-state index contributed by atoms with van der Waals surface area (Å²) in [6, 6.07) is 8.03. The molecule has 272 valence electrons. The molecule has 5 fully saturated rings. The Morgan fingerprint density at radius 1 is 1.10 bits per heavy atom. The third-order valence-corrected chi connectivity index (χ3v) is 13.1. The van der Waals surface area contributed by atoms with Gasteiger partial charge in [-0.25, -0.2) is 4.90 Å². The molecule has 4 aliphatic heterocycles. The van der Waals surface area contributed by atoms with Gasteiger partial charge in [-0.3, -0.25) is 19.8 Å². The fourth-order valence-electron chi connectivity index (χ4n) is 10.0. The lowest BCUT2D eigenvalue weighted by Crippen LogP contribution is -2.78. The summed E-state index contributed by atoms with van der Waals surface area (Å²) < 4.78 is 13.7. The number of Topliss-reactive ketones (excluding diaryl/α,β-unsaturated/α-hetero) is 1. The van der Waals surface area contributed by atoms with Gasteiger partial charge < -0.3 is 19.3 Å². The van der Waals surface area contributed by atoms with Crippen LogP contribution in [0.25, 0.3) is 0 Å². The van der Waals surface area contributed by atoms with Crippen LogP contribution < -0.4 is 10.1 Å². The second-order valence-electron chi connectivity index (χ2n) is 15.6. The van der Waals surface area contributed by atoms with Gasteiger partial charge in [0.25, 0.3) is 0 Å². The van der Waals surface area contributed by atoms with E-state index in [0.717, 1.165) is 43.5 Å². The Kier molecular flexibility index (Phi) is 11.2. The number of rotatable bonds is 7.